The molecule has 0 saturated heterocycles. The quantitative estimate of drug-likeness (QED) is 0.116. The summed E-state index contributed by atoms with van der Waals surface area (Å²) in [7, 11) is -2.85. The molecule has 13 aromatic rings. The van der Waals surface area contributed by atoms with E-state index in [-0.39, 0.29) is 0 Å². The highest BCUT2D eigenvalue weighted by Crippen LogP contribution is 2.39. The van der Waals surface area contributed by atoms with Crippen LogP contribution in [-0.2, 0) is 0 Å². The fourth-order valence-corrected chi connectivity index (χ4v) is 15.3. The number of fused-ring (bicyclic) bond motifs is 9. The average molecular weight is 833 g/mol. The van der Waals surface area contributed by atoms with Gasteiger partial charge < -0.3 is 9.13 Å². The Kier molecular flexibility index (Phi) is 8.20. The largest absolute Gasteiger partial charge is 0.309 e. The van der Waals surface area contributed by atoms with Crippen molar-refractivity contribution >= 4 is 94.4 Å². The SMILES string of the molecule is c1ccc([Si](c2ccccc2)(c2ccccc2)c2cccc(-n3c4ccccc4c4cc(-n5c6ccccc6c6cc(-n7c8ccccc8c8ccccc87)ccc65)ccc43)n2)cc1. The van der Waals surface area contributed by atoms with Crippen LogP contribution in [0.5, 0.6) is 0 Å². The van der Waals surface area contributed by atoms with Crippen molar-refractivity contribution in [3.05, 3.63) is 243 Å². The molecule has 0 saturated carbocycles. The highest BCUT2D eigenvalue weighted by Gasteiger charge is 2.43. The highest BCUT2D eigenvalue weighted by molar-refractivity contribution is 7.19. The Hall–Kier alpha value is -8.25. The number of para-hydroxylation sites is 4. The van der Waals surface area contributed by atoms with E-state index < -0.39 is 8.07 Å². The lowest BCUT2D eigenvalue weighted by Gasteiger charge is -2.33. The van der Waals surface area contributed by atoms with Crippen LogP contribution in [0.1, 0.15) is 0 Å². The second kappa shape index (κ2) is 14.4. The molecule has 0 unspecified atom stereocenters. The Labute approximate surface area is 371 Å². The van der Waals surface area contributed by atoms with Crippen molar-refractivity contribution in [2.45, 2.75) is 0 Å². The first-order valence-electron chi connectivity index (χ1n) is 22.0. The van der Waals surface area contributed by atoms with Crippen LogP contribution < -0.4 is 20.9 Å². The zero-order chi connectivity index (χ0) is 42.2. The Balaban J connectivity index is 1.01. The zero-order valence-corrected chi connectivity index (χ0v) is 35.9. The van der Waals surface area contributed by atoms with Gasteiger partial charge >= 0.3 is 0 Å². The first-order chi connectivity index (χ1) is 31.8. The van der Waals surface area contributed by atoms with E-state index in [0.29, 0.717) is 0 Å². The Morgan fingerprint density at radius 1 is 0.266 bits per heavy atom. The number of aromatic nitrogens is 4. The third-order valence-electron chi connectivity index (χ3n) is 13.4. The van der Waals surface area contributed by atoms with E-state index in [2.05, 4.69) is 256 Å². The van der Waals surface area contributed by atoms with Gasteiger partial charge in [-0.15, -0.1) is 0 Å². The summed E-state index contributed by atoms with van der Waals surface area (Å²) in [6.07, 6.45) is 0. The smallest absolute Gasteiger partial charge is 0.201 e. The maximum absolute atomic E-state index is 5.76. The monoisotopic (exact) mass is 832 g/mol. The summed E-state index contributed by atoms with van der Waals surface area (Å²) in [6.45, 7) is 0. The van der Waals surface area contributed by atoms with Crippen molar-refractivity contribution in [2.24, 2.45) is 0 Å². The first-order valence-corrected chi connectivity index (χ1v) is 24.0. The van der Waals surface area contributed by atoms with Gasteiger partial charge in [-0.05, 0) is 88.4 Å². The van der Waals surface area contributed by atoms with Crippen molar-refractivity contribution in [2.75, 3.05) is 0 Å². The molecule has 0 N–H and O–H groups in total. The molecular weight excluding hydrogens is 793 g/mol. The molecule has 0 aliphatic rings. The summed E-state index contributed by atoms with van der Waals surface area (Å²) in [5, 5.41) is 12.4. The second-order valence-electron chi connectivity index (χ2n) is 16.7. The Morgan fingerprint density at radius 2 is 0.609 bits per heavy atom. The van der Waals surface area contributed by atoms with Gasteiger partial charge in [-0.2, -0.15) is 0 Å². The van der Waals surface area contributed by atoms with Crippen LogP contribution >= 0.6 is 0 Å². The molecule has 0 fully saturated rings. The van der Waals surface area contributed by atoms with Gasteiger partial charge in [-0.25, -0.2) is 4.98 Å². The molecule has 0 aliphatic carbocycles. The minimum absolute atomic E-state index is 0.908. The molecule has 5 heteroatoms. The molecule has 4 nitrogen and oxygen atoms in total. The highest BCUT2D eigenvalue weighted by atomic mass is 28.3. The summed E-state index contributed by atoms with van der Waals surface area (Å²) < 4.78 is 7.21. The van der Waals surface area contributed by atoms with Crippen LogP contribution in [0.25, 0.3) is 82.6 Å². The standard InChI is InChI=1S/C59H40N4Si/c1-4-19-43(20-5-1)64(44-21-6-2-7-22-44,45-23-8-3-9-24-45)59-34-18-33-58(60-59)63-55-32-17-13-28-49(55)51-40-42(36-38-57(51)63)62-54-31-16-12-27-48(54)50-39-41(35-37-56(50)62)61-52-29-14-10-25-46(52)47-26-11-15-30-53(47)61/h1-40H. The average Bonchev–Trinajstić information content (AvgIpc) is 4.01. The molecule has 0 atom stereocenters. The van der Waals surface area contributed by atoms with Gasteiger partial charge in [0.1, 0.15) is 5.82 Å². The number of hydrogen-bond acceptors (Lipinski definition) is 1. The predicted octanol–water partition coefficient (Wildman–Crippen LogP) is 11.8. The molecule has 0 radical (unpaired) electrons. The van der Waals surface area contributed by atoms with Gasteiger partial charge in [-0.1, -0.05) is 170 Å². The van der Waals surface area contributed by atoms with Crippen LogP contribution in [0.4, 0.5) is 0 Å². The summed E-state index contributed by atoms with van der Waals surface area (Å²) >= 11 is 0. The lowest BCUT2D eigenvalue weighted by atomic mass is 10.1. The van der Waals surface area contributed by atoms with Crippen molar-refractivity contribution in [3.63, 3.8) is 0 Å². The Bertz CT molecular complexity index is 3750. The number of benzene rings is 9. The van der Waals surface area contributed by atoms with Crippen molar-refractivity contribution in [1.82, 2.24) is 18.7 Å². The molecule has 4 aromatic heterocycles. The van der Waals surface area contributed by atoms with E-state index in [0.717, 1.165) is 33.5 Å². The first kappa shape index (κ1) is 36.4. The molecule has 13 rings (SSSR count). The number of pyridine rings is 1. The Morgan fingerprint density at radius 3 is 1.05 bits per heavy atom. The summed E-state index contributed by atoms with van der Waals surface area (Å²) in [5.74, 6) is 0.908. The van der Waals surface area contributed by atoms with Crippen LogP contribution in [0.15, 0.2) is 243 Å². The van der Waals surface area contributed by atoms with E-state index in [1.807, 2.05) is 0 Å². The normalized spacial score (nSPS) is 12.1. The maximum atomic E-state index is 5.76. The van der Waals surface area contributed by atoms with Crippen molar-refractivity contribution in [1.29, 1.82) is 0 Å². The molecule has 0 spiro atoms. The summed E-state index contributed by atoms with van der Waals surface area (Å²) in [4.78, 5) is 5.76. The molecule has 0 amide bonds. The fraction of sp³-hybridized carbons (Fsp3) is 0. The van der Waals surface area contributed by atoms with E-state index in [1.54, 1.807) is 0 Å². The third kappa shape index (κ3) is 5.31. The topological polar surface area (TPSA) is 27.7 Å². The lowest BCUT2D eigenvalue weighted by molar-refractivity contribution is 1.09. The zero-order valence-electron chi connectivity index (χ0n) is 34.9. The number of hydrogen-bond donors (Lipinski definition) is 0. The van der Waals surface area contributed by atoms with Crippen molar-refractivity contribution in [3.8, 4) is 17.2 Å². The molecule has 300 valence electrons. The minimum Gasteiger partial charge on any atom is -0.309 e. The van der Waals surface area contributed by atoms with Crippen LogP contribution in [0.2, 0.25) is 0 Å². The summed E-state index contributed by atoms with van der Waals surface area (Å²) in [6, 6.07) is 88.7. The lowest BCUT2D eigenvalue weighted by Crippen LogP contribution is -2.75. The minimum atomic E-state index is -2.85. The van der Waals surface area contributed by atoms with Crippen LogP contribution in [-0.4, -0.2) is 26.8 Å². The van der Waals surface area contributed by atoms with Crippen LogP contribution in [0, 0.1) is 0 Å². The predicted molar refractivity (Wildman–Crippen MR) is 271 cm³/mol. The third-order valence-corrected chi connectivity index (χ3v) is 18.0. The van der Waals surface area contributed by atoms with E-state index in [9.17, 15) is 0 Å². The van der Waals surface area contributed by atoms with Gasteiger partial charge in [-0.3, -0.25) is 4.57 Å². The van der Waals surface area contributed by atoms with Gasteiger partial charge in [0.25, 0.3) is 0 Å². The van der Waals surface area contributed by atoms with E-state index >= 15 is 0 Å². The molecule has 0 bridgehead atoms. The number of rotatable bonds is 7. The van der Waals surface area contributed by atoms with Gasteiger partial charge in [0.2, 0.25) is 8.07 Å². The van der Waals surface area contributed by atoms with Gasteiger partial charge in [0.05, 0.1) is 33.1 Å². The second-order valence-corrected chi connectivity index (χ2v) is 20.5. The van der Waals surface area contributed by atoms with E-state index in [4.69, 9.17) is 4.98 Å². The van der Waals surface area contributed by atoms with Crippen LogP contribution in [0.3, 0.4) is 0 Å². The summed E-state index contributed by atoms with van der Waals surface area (Å²) in [5.41, 5.74) is 9.30. The number of nitrogens with zero attached hydrogens (tertiary/aromatic N) is 4. The molecule has 64 heavy (non-hydrogen) atoms. The van der Waals surface area contributed by atoms with E-state index in [1.165, 1.54) is 69.9 Å². The molecule has 9 aromatic carbocycles. The molecular formula is C59H40N4Si. The molecule has 0 aliphatic heterocycles. The molecule has 4 heterocycles. The van der Waals surface area contributed by atoms with Crippen molar-refractivity contribution < 1.29 is 0 Å². The van der Waals surface area contributed by atoms with Gasteiger partial charge in [0, 0.05) is 49.0 Å². The maximum Gasteiger partial charge on any atom is 0.201 e. The fourth-order valence-electron chi connectivity index (χ4n) is 10.7. The van der Waals surface area contributed by atoms with Gasteiger partial charge in [0.15, 0.2) is 0 Å².